The number of piperidine rings is 1. The number of benzene rings is 1. The van der Waals surface area contributed by atoms with Crippen LogP contribution in [-0.4, -0.2) is 50.0 Å². The first kappa shape index (κ1) is 22.8. The zero-order chi connectivity index (χ0) is 18.6. The van der Waals surface area contributed by atoms with E-state index >= 15 is 0 Å². The van der Waals surface area contributed by atoms with Crippen LogP contribution in [0.2, 0.25) is 0 Å². The highest BCUT2D eigenvalue weighted by molar-refractivity contribution is 7.89. The zero-order valence-corrected chi connectivity index (χ0v) is 16.6. The van der Waals surface area contributed by atoms with Crippen LogP contribution in [0.3, 0.4) is 0 Å². The van der Waals surface area contributed by atoms with Gasteiger partial charge in [0.1, 0.15) is 0 Å². The van der Waals surface area contributed by atoms with Crippen LogP contribution in [0, 0.1) is 24.0 Å². The fourth-order valence-electron chi connectivity index (χ4n) is 3.14. The molecule has 0 amide bonds. The van der Waals surface area contributed by atoms with Gasteiger partial charge in [0, 0.05) is 31.8 Å². The van der Waals surface area contributed by atoms with Gasteiger partial charge in [0.05, 0.1) is 15.9 Å². The molecule has 0 spiro atoms. The van der Waals surface area contributed by atoms with E-state index in [0.29, 0.717) is 50.2 Å². The SMILES string of the molecule is Cc1cc([N+](=O)[O-])cc(C)c1S(=O)(=O)N1CCC(OCCCN)CC1.Cl. The predicted octanol–water partition coefficient (Wildman–Crippen LogP) is 2.15. The number of ether oxygens (including phenoxy) is 1. The van der Waals surface area contributed by atoms with Crippen LogP contribution >= 0.6 is 12.4 Å². The van der Waals surface area contributed by atoms with Crippen molar-refractivity contribution < 1.29 is 18.1 Å². The Kier molecular flexibility index (Phi) is 8.42. The molecule has 1 saturated heterocycles. The molecule has 1 aliphatic heterocycles. The fraction of sp³-hybridized carbons (Fsp3) is 0.625. The van der Waals surface area contributed by atoms with Gasteiger partial charge in [0.15, 0.2) is 0 Å². The molecular formula is C16H26ClN3O5S. The predicted molar refractivity (Wildman–Crippen MR) is 101 cm³/mol. The minimum atomic E-state index is -3.68. The zero-order valence-electron chi connectivity index (χ0n) is 15.0. The highest BCUT2D eigenvalue weighted by Crippen LogP contribution is 2.30. The average Bonchev–Trinajstić information content (AvgIpc) is 2.54. The lowest BCUT2D eigenvalue weighted by Gasteiger charge is -2.31. The number of hydrogen-bond acceptors (Lipinski definition) is 6. The van der Waals surface area contributed by atoms with Gasteiger partial charge in [-0.3, -0.25) is 10.1 Å². The van der Waals surface area contributed by atoms with E-state index in [9.17, 15) is 18.5 Å². The molecule has 2 N–H and O–H groups in total. The largest absolute Gasteiger partial charge is 0.378 e. The number of nitro benzene ring substituents is 1. The number of sulfonamides is 1. The second-order valence-electron chi connectivity index (χ2n) is 6.28. The third kappa shape index (κ3) is 5.14. The Morgan fingerprint density at radius 2 is 1.81 bits per heavy atom. The quantitative estimate of drug-likeness (QED) is 0.420. The van der Waals surface area contributed by atoms with E-state index in [0.717, 1.165) is 6.42 Å². The smallest absolute Gasteiger partial charge is 0.270 e. The second-order valence-corrected chi connectivity index (χ2v) is 8.16. The van der Waals surface area contributed by atoms with Gasteiger partial charge < -0.3 is 10.5 Å². The van der Waals surface area contributed by atoms with Gasteiger partial charge in [0.25, 0.3) is 5.69 Å². The molecule has 26 heavy (non-hydrogen) atoms. The standard InChI is InChI=1S/C16H25N3O5S.ClH/c1-12-10-14(19(20)21)11-13(2)16(12)25(22,23)18-7-4-15(5-8-18)24-9-3-6-17;/h10-11,15H,3-9,17H2,1-2H3;1H. The van der Waals surface area contributed by atoms with Crippen molar-refractivity contribution in [2.24, 2.45) is 5.73 Å². The molecule has 1 aliphatic rings. The highest BCUT2D eigenvalue weighted by atomic mass is 35.5. The normalized spacial score (nSPS) is 16.3. The molecule has 2 rings (SSSR count). The van der Waals surface area contributed by atoms with Crippen molar-refractivity contribution in [3.8, 4) is 0 Å². The minimum Gasteiger partial charge on any atom is -0.378 e. The molecule has 148 valence electrons. The van der Waals surface area contributed by atoms with E-state index in [2.05, 4.69) is 0 Å². The molecule has 0 bridgehead atoms. The lowest BCUT2D eigenvalue weighted by molar-refractivity contribution is -0.385. The third-order valence-electron chi connectivity index (χ3n) is 4.36. The number of hydrogen-bond donors (Lipinski definition) is 1. The Balaban J connectivity index is 0.00000338. The van der Waals surface area contributed by atoms with E-state index in [4.69, 9.17) is 10.5 Å². The lowest BCUT2D eigenvalue weighted by atomic mass is 10.1. The average molecular weight is 408 g/mol. The van der Waals surface area contributed by atoms with Crippen LogP contribution in [0.1, 0.15) is 30.4 Å². The fourth-order valence-corrected chi connectivity index (χ4v) is 5.02. The van der Waals surface area contributed by atoms with Crippen molar-refractivity contribution in [2.75, 3.05) is 26.2 Å². The number of non-ortho nitro benzene ring substituents is 1. The van der Waals surface area contributed by atoms with Crippen molar-refractivity contribution in [1.29, 1.82) is 0 Å². The maximum atomic E-state index is 13.0. The van der Waals surface area contributed by atoms with E-state index in [1.54, 1.807) is 13.8 Å². The number of halogens is 1. The summed E-state index contributed by atoms with van der Waals surface area (Å²) in [6.07, 6.45) is 2.11. The maximum absolute atomic E-state index is 13.0. The molecule has 1 heterocycles. The molecule has 10 heteroatoms. The van der Waals surface area contributed by atoms with Gasteiger partial charge >= 0.3 is 0 Å². The molecular weight excluding hydrogens is 382 g/mol. The van der Waals surface area contributed by atoms with E-state index < -0.39 is 14.9 Å². The van der Waals surface area contributed by atoms with Crippen LogP contribution in [0.15, 0.2) is 17.0 Å². The molecule has 8 nitrogen and oxygen atoms in total. The molecule has 1 fully saturated rings. The van der Waals surface area contributed by atoms with Crippen molar-refractivity contribution in [2.45, 2.75) is 44.1 Å². The van der Waals surface area contributed by atoms with Gasteiger partial charge in [-0.25, -0.2) is 8.42 Å². The Morgan fingerprint density at radius 3 is 2.27 bits per heavy atom. The molecule has 0 unspecified atom stereocenters. The molecule has 0 atom stereocenters. The van der Waals surface area contributed by atoms with E-state index in [-0.39, 0.29) is 29.1 Å². The second kappa shape index (κ2) is 9.61. The minimum absolute atomic E-state index is 0. The Bertz CT molecular complexity index is 710. The van der Waals surface area contributed by atoms with Gasteiger partial charge in [-0.15, -0.1) is 12.4 Å². The molecule has 0 aliphatic carbocycles. The number of nitrogens with zero attached hydrogens (tertiary/aromatic N) is 2. The third-order valence-corrected chi connectivity index (χ3v) is 6.56. The summed E-state index contributed by atoms with van der Waals surface area (Å²) in [5, 5.41) is 10.9. The van der Waals surface area contributed by atoms with E-state index in [1.807, 2.05) is 0 Å². The summed E-state index contributed by atoms with van der Waals surface area (Å²) in [7, 11) is -3.68. The molecule has 0 aromatic heterocycles. The Hall–Kier alpha value is -1.26. The van der Waals surface area contributed by atoms with Crippen LogP contribution < -0.4 is 5.73 Å². The number of aryl methyl sites for hydroxylation is 2. The van der Waals surface area contributed by atoms with Crippen LogP contribution in [0.5, 0.6) is 0 Å². The van der Waals surface area contributed by atoms with Crippen molar-refractivity contribution in [1.82, 2.24) is 4.31 Å². The van der Waals surface area contributed by atoms with Gasteiger partial charge in [0.2, 0.25) is 10.0 Å². The van der Waals surface area contributed by atoms with Gasteiger partial charge in [-0.1, -0.05) is 0 Å². The molecule has 0 radical (unpaired) electrons. The summed E-state index contributed by atoms with van der Waals surface area (Å²) in [4.78, 5) is 10.6. The summed E-state index contributed by atoms with van der Waals surface area (Å²) in [5.74, 6) is 0. The summed E-state index contributed by atoms with van der Waals surface area (Å²) >= 11 is 0. The highest BCUT2D eigenvalue weighted by Gasteiger charge is 2.32. The molecule has 1 aromatic carbocycles. The Morgan fingerprint density at radius 1 is 1.27 bits per heavy atom. The first-order valence-electron chi connectivity index (χ1n) is 8.35. The van der Waals surface area contributed by atoms with Crippen LogP contribution in [0.4, 0.5) is 5.69 Å². The van der Waals surface area contributed by atoms with Gasteiger partial charge in [-0.2, -0.15) is 4.31 Å². The number of nitrogens with two attached hydrogens (primary N) is 1. The molecule has 0 saturated carbocycles. The maximum Gasteiger partial charge on any atom is 0.270 e. The summed E-state index contributed by atoms with van der Waals surface area (Å²) in [6.45, 7) is 5.11. The Labute approximate surface area is 160 Å². The topological polar surface area (TPSA) is 116 Å². The van der Waals surface area contributed by atoms with Crippen LogP contribution in [0.25, 0.3) is 0 Å². The summed E-state index contributed by atoms with van der Waals surface area (Å²) < 4.78 is 33.1. The van der Waals surface area contributed by atoms with Crippen LogP contribution in [-0.2, 0) is 14.8 Å². The number of rotatable bonds is 7. The summed E-state index contributed by atoms with van der Waals surface area (Å²) in [6, 6.07) is 2.62. The number of nitro groups is 1. The van der Waals surface area contributed by atoms with Crippen molar-refractivity contribution >= 4 is 28.1 Å². The van der Waals surface area contributed by atoms with Crippen molar-refractivity contribution in [3.05, 3.63) is 33.4 Å². The van der Waals surface area contributed by atoms with E-state index in [1.165, 1.54) is 16.4 Å². The lowest BCUT2D eigenvalue weighted by Crippen LogP contribution is -2.41. The van der Waals surface area contributed by atoms with Gasteiger partial charge in [-0.05, 0) is 50.8 Å². The monoisotopic (exact) mass is 407 g/mol. The first-order chi connectivity index (χ1) is 11.8. The van der Waals surface area contributed by atoms with Crippen molar-refractivity contribution in [3.63, 3.8) is 0 Å². The first-order valence-corrected chi connectivity index (χ1v) is 9.79. The summed E-state index contributed by atoms with van der Waals surface area (Å²) in [5.41, 5.74) is 6.13. The molecule has 1 aromatic rings.